The van der Waals surface area contributed by atoms with Gasteiger partial charge in [0.25, 0.3) is 0 Å². The molecule has 2 saturated carbocycles. The molecule has 3 aliphatic rings. The number of amides is 2. The van der Waals surface area contributed by atoms with Crippen molar-refractivity contribution in [3.05, 3.63) is 47.5 Å². The molecule has 3 fully saturated rings. The molecule has 0 aromatic heterocycles. The molecule has 1 aromatic carbocycles. The molecule has 2 aliphatic carbocycles. The number of benzene rings is 1. The van der Waals surface area contributed by atoms with E-state index in [0.717, 1.165) is 18.4 Å². The quantitative estimate of drug-likeness (QED) is 0.436. The lowest BCUT2D eigenvalue weighted by atomic mass is 9.69. The van der Waals surface area contributed by atoms with Crippen molar-refractivity contribution in [3.8, 4) is 0 Å². The first-order valence-electron chi connectivity index (χ1n) is 11.1. The normalized spacial score (nSPS) is 28.4. The van der Waals surface area contributed by atoms with Gasteiger partial charge in [0.1, 0.15) is 17.3 Å². The number of halogens is 4. The topological polar surface area (TPSA) is 71.5 Å². The van der Waals surface area contributed by atoms with Gasteiger partial charge in [-0.25, -0.2) is 9.18 Å². The molecular weight excluding hydrogens is 438 g/mol. The second kappa shape index (κ2) is 8.30. The van der Waals surface area contributed by atoms with Crippen LogP contribution >= 0.6 is 0 Å². The van der Waals surface area contributed by atoms with Crippen LogP contribution in [0, 0.1) is 11.2 Å². The molecule has 2 amide bonds. The fourth-order valence-corrected chi connectivity index (χ4v) is 4.95. The van der Waals surface area contributed by atoms with Gasteiger partial charge >= 0.3 is 12.2 Å². The smallest absolute Gasteiger partial charge is 0.369 e. The zero-order valence-electron chi connectivity index (χ0n) is 18.7. The van der Waals surface area contributed by atoms with Crippen LogP contribution in [0.25, 0.3) is 0 Å². The molecule has 33 heavy (non-hydrogen) atoms. The van der Waals surface area contributed by atoms with Crippen LogP contribution in [0.2, 0.25) is 0 Å². The van der Waals surface area contributed by atoms with Gasteiger partial charge in [-0.1, -0.05) is 12.1 Å². The van der Waals surface area contributed by atoms with Crippen molar-refractivity contribution in [3.63, 3.8) is 0 Å². The average Bonchev–Trinajstić information content (AvgIpc) is 3.49. The van der Waals surface area contributed by atoms with E-state index in [2.05, 4.69) is 15.5 Å². The lowest BCUT2D eigenvalue weighted by Crippen LogP contribution is -2.54. The van der Waals surface area contributed by atoms with Crippen LogP contribution in [0.15, 0.2) is 36.2 Å². The lowest BCUT2D eigenvalue weighted by molar-refractivity contribution is -0.0585. The highest BCUT2D eigenvalue weighted by Crippen LogP contribution is 2.46. The van der Waals surface area contributed by atoms with Crippen molar-refractivity contribution in [2.24, 2.45) is 0 Å². The summed E-state index contributed by atoms with van der Waals surface area (Å²) in [5, 5.41) is 13.4. The Bertz CT molecular complexity index is 962. The van der Waals surface area contributed by atoms with E-state index in [1.807, 2.05) is 20.2 Å². The number of rotatable bonds is 6. The number of hydrogen-bond acceptors (Lipinski definition) is 4. The molecular formula is C23H29F4N5O. The molecule has 6 nitrogen and oxygen atoms in total. The van der Waals surface area contributed by atoms with Gasteiger partial charge in [-0.15, -0.1) is 0 Å². The maximum atomic E-state index is 13.9. The molecule has 0 radical (unpaired) electrons. The molecule has 0 atom stereocenters. The fourth-order valence-electron chi connectivity index (χ4n) is 4.95. The third-order valence-corrected chi connectivity index (χ3v) is 7.14. The molecule has 180 valence electrons. The third-order valence-electron chi connectivity index (χ3n) is 7.14. The number of allylic oxidation sites excluding steroid dienone is 1. The van der Waals surface area contributed by atoms with Crippen LogP contribution < -0.4 is 10.6 Å². The van der Waals surface area contributed by atoms with E-state index in [4.69, 9.17) is 5.41 Å². The van der Waals surface area contributed by atoms with Crippen molar-refractivity contribution < 1.29 is 22.4 Å². The van der Waals surface area contributed by atoms with E-state index in [0.29, 0.717) is 31.8 Å². The number of nitrogens with one attached hydrogen (secondary N) is 3. The van der Waals surface area contributed by atoms with Crippen LogP contribution in [0.5, 0.6) is 0 Å². The van der Waals surface area contributed by atoms with Crippen LogP contribution in [0.4, 0.5) is 22.4 Å². The predicted molar refractivity (Wildman–Crippen MR) is 116 cm³/mol. The molecule has 1 heterocycles. The second-order valence-electron chi connectivity index (χ2n) is 9.59. The molecule has 1 aromatic rings. The summed E-state index contributed by atoms with van der Waals surface area (Å²) in [6.07, 6.45) is 0.0550. The van der Waals surface area contributed by atoms with Crippen molar-refractivity contribution in [2.45, 2.75) is 61.8 Å². The van der Waals surface area contributed by atoms with Gasteiger partial charge in [-0.2, -0.15) is 13.2 Å². The number of carbonyl (C=O) groups is 1. The van der Waals surface area contributed by atoms with E-state index in [9.17, 15) is 22.4 Å². The Labute approximate surface area is 190 Å². The molecule has 4 rings (SSSR count). The summed E-state index contributed by atoms with van der Waals surface area (Å²) in [6.45, 7) is 0.217. The van der Waals surface area contributed by atoms with Crippen LogP contribution in [0.1, 0.15) is 44.1 Å². The van der Waals surface area contributed by atoms with E-state index in [-0.39, 0.29) is 24.2 Å². The Morgan fingerprint density at radius 1 is 1.24 bits per heavy atom. The molecule has 1 spiro atoms. The Hall–Kier alpha value is -2.62. The number of nitrogens with zero attached hydrogens (tertiary/aromatic N) is 2. The van der Waals surface area contributed by atoms with Gasteiger partial charge in [0.2, 0.25) is 0 Å². The molecule has 10 heteroatoms. The summed E-state index contributed by atoms with van der Waals surface area (Å²) in [5.74, 6) is -0.286. The molecule has 1 aliphatic heterocycles. The summed E-state index contributed by atoms with van der Waals surface area (Å²) < 4.78 is 52.9. The first kappa shape index (κ1) is 23.5. The van der Waals surface area contributed by atoms with Gasteiger partial charge < -0.3 is 10.6 Å². The van der Waals surface area contributed by atoms with Gasteiger partial charge in [0.05, 0.1) is 12.1 Å². The largest absolute Gasteiger partial charge is 0.432 e. The average molecular weight is 468 g/mol. The maximum Gasteiger partial charge on any atom is 0.432 e. The number of urea groups is 1. The first-order chi connectivity index (χ1) is 15.4. The molecule has 3 N–H and O–H groups in total. The van der Waals surface area contributed by atoms with E-state index < -0.39 is 29.0 Å². The summed E-state index contributed by atoms with van der Waals surface area (Å²) in [7, 11) is 3.90. The summed E-state index contributed by atoms with van der Waals surface area (Å²) >= 11 is 0. The van der Waals surface area contributed by atoms with Gasteiger partial charge in [-0.3, -0.25) is 15.2 Å². The van der Waals surface area contributed by atoms with Crippen LogP contribution in [0.3, 0.4) is 0 Å². The van der Waals surface area contributed by atoms with Crippen molar-refractivity contribution in [1.29, 1.82) is 5.41 Å². The zero-order chi connectivity index (χ0) is 24.0. The Morgan fingerprint density at radius 2 is 1.91 bits per heavy atom. The minimum atomic E-state index is -4.79. The number of carbonyl (C=O) groups excluding carboxylic acids is 1. The van der Waals surface area contributed by atoms with E-state index in [1.165, 1.54) is 11.0 Å². The summed E-state index contributed by atoms with van der Waals surface area (Å²) in [6, 6.07) is 6.10. The summed E-state index contributed by atoms with van der Waals surface area (Å²) in [4.78, 5) is 16.2. The minimum absolute atomic E-state index is 0.0161. The first-order valence-corrected chi connectivity index (χ1v) is 11.1. The molecule has 1 saturated heterocycles. The second-order valence-corrected chi connectivity index (χ2v) is 9.59. The minimum Gasteiger partial charge on any atom is -0.369 e. The Kier molecular flexibility index (Phi) is 5.92. The van der Waals surface area contributed by atoms with E-state index in [1.54, 1.807) is 12.1 Å². The number of alkyl halides is 3. The Balaban J connectivity index is 1.55. The van der Waals surface area contributed by atoms with Gasteiger partial charge in [-0.05, 0) is 70.3 Å². The SMILES string of the molecule is CN(C)[C@]1(c2cccc(F)c2)CC[C@]2(CC1)CN(/C(=C/C(=N)C(F)(F)F)NC1CC1)C(=O)N2. The fraction of sp³-hybridized carbons (Fsp3) is 0.565. The maximum absolute atomic E-state index is 13.9. The standard InChI is InChI=1S/C23H29F4N5O/c1-31(2)22(15-4-3-5-16(24)12-15)10-8-21(9-11-22)14-32(20(33)30-21)19(29-17-6-7-17)13-18(28)23(25,26)27/h3-5,12-13,17,28-29H,6-11,14H2,1-2H3,(H,30,33)/b19-13+,28-18?/t21-,22+. The van der Waals surface area contributed by atoms with Crippen molar-refractivity contribution in [2.75, 3.05) is 20.6 Å². The highest BCUT2D eigenvalue weighted by molar-refractivity contribution is 5.98. The molecule has 0 unspecified atom stereocenters. The van der Waals surface area contributed by atoms with Crippen LogP contribution in [-0.4, -0.2) is 59.9 Å². The highest BCUT2D eigenvalue weighted by Gasteiger charge is 2.51. The van der Waals surface area contributed by atoms with Gasteiger partial charge in [0.15, 0.2) is 0 Å². The number of hydrogen-bond donors (Lipinski definition) is 3. The summed E-state index contributed by atoms with van der Waals surface area (Å²) in [5.41, 5.74) is -1.61. The van der Waals surface area contributed by atoms with Crippen molar-refractivity contribution >= 4 is 11.7 Å². The van der Waals surface area contributed by atoms with Gasteiger partial charge in [0, 0.05) is 17.7 Å². The lowest BCUT2D eigenvalue weighted by Gasteiger charge is -2.48. The van der Waals surface area contributed by atoms with E-state index >= 15 is 0 Å². The van der Waals surface area contributed by atoms with Crippen molar-refractivity contribution in [1.82, 2.24) is 20.4 Å². The predicted octanol–water partition coefficient (Wildman–Crippen LogP) is 4.10. The monoisotopic (exact) mass is 467 g/mol. The molecule has 0 bridgehead atoms. The Morgan fingerprint density at radius 3 is 2.45 bits per heavy atom. The third kappa shape index (κ3) is 4.71. The highest BCUT2D eigenvalue weighted by atomic mass is 19.4. The van der Waals surface area contributed by atoms with Crippen LogP contribution in [-0.2, 0) is 5.54 Å². The zero-order valence-corrected chi connectivity index (χ0v) is 18.7.